The number of fused-ring (bicyclic) bond motifs is 3. The van der Waals surface area contributed by atoms with Crippen molar-refractivity contribution in [2.75, 3.05) is 6.61 Å². The Bertz CT molecular complexity index is 1200. The van der Waals surface area contributed by atoms with Gasteiger partial charge in [-0.05, 0) is 55.3 Å². The molecule has 2 aromatic carbocycles. The molecule has 4 aromatic rings. The van der Waals surface area contributed by atoms with E-state index in [1.807, 2.05) is 49.4 Å². The summed E-state index contributed by atoms with van der Waals surface area (Å²) in [5.74, 6) is 0.833. The third-order valence-corrected chi connectivity index (χ3v) is 4.62. The first-order chi connectivity index (χ1) is 13.7. The van der Waals surface area contributed by atoms with Crippen molar-refractivity contribution < 1.29 is 4.74 Å². The van der Waals surface area contributed by atoms with E-state index in [2.05, 4.69) is 22.0 Å². The minimum absolute atomic E-state index is 0.227. The van der Waals surface area contributed by atoms with Gasteiger partial charge in [-0.1, -0.05) is 25.0 Å². The summed E-state index contributed by atoms with van der Waals surface area (Å²) < 4.78 is 6.90. The van der Waals surface area contributed by atoms with Crippen molar-refractivity contribution in [2.24, 2.45) is 5.10 Å². The molecule has 2 aromatic heterocycles. The Morgan fingerprint density at radius 3 is 2.82 bits per heavy atom. The molecule has 0 bridgehead atoms. The molecule has 0 aliphatic heterocycles. The Labute approximate surface area is 162 Å². The molecule has 1 N–H and O–H groups in total. The van der Waals surface area contributed by atoms with E-state index < -0.39 is 0 Å². The lowest BCUT2D eigenvalue weighted by molar-refractivity contribution is 0.309. The van der Waals surface area contributed by atoms with E-state index in [9.17, 15) is 4.79 Å². The van der Waals surface area contributed by atoms with Crippen LogP contribution in [-0.4, -0.2) is 27.5 Å². The SMILES string of the molecule is CCCCOc1ccc(/C=N/n2cnc3c([nH]c4ccc(C)cc43)c2=O)cc1. The van der Waals surface area contributed by atoms with Gasteiger partial charge in [0.15, 0.2) is 0 Å². The standard InChI is InChI=1S/C22H22N4O2/c1-3-4-11-28-17-8-6-16(7-9-17)13-24-26-14-23-20-18-12-15(2)5-10-19(18)25-21(20)22(26)27/h5-10,12-14,25H,3-4,11H2,1-2H3/b24-13+. The van der Waals surface area contributed by atoms with Gasteiger partial charge in [-0.3, -0.25) is 4.79 Å². The molecule has 6 heteroatoms. The van der Waals surface area contributed by atoms with Gasteiger partial charge >= 0.3 is 0 Å². The maximum Gasteiger partial charge on any atom is 0.298 e. The van der Waals surface area contributed by atoms with Crippen LogP contribution in [0.2, 0.25) is 0 Å². The Morgan fingerprint density at radius 1 is 1.21 bits per heavy atom. The van der Waals surface area contributed by atoms with Crippen LogP contribution in [0, 0.1) is 6.92 Å². The molecule has 0 atom stereocenters. The van der Waals surface area contributed by atoms with E-state index in [4.69, 9.17) is 4.74 Å². The van der Waals surface area contributed by atoms with E-state index in [0.29, 0.717) is 11.0 Å². The number of benzene rings is 2. The molecule has 0 fully saturated rings. The molecule has 0 spiro atoms. The summed E-state index contributed by atoms with van der Waals surface area (Å²) in [7, 11) is 0. The van der Waals surface area contributed by atoms with E-state index in [0.717, 1.165) is 47.2 Å². The monoisotopic (exact) mass is 374 g/mol. The van der Waals surface area contributed by atoms with Crippen molar-refractivity contribution in [1.82, 2.24) is 14.6 Å². The lowest BCUT2D eigenvalue weighted by atomic mass is 10.2. The van der Waals surface area contributed by atoms with Gasteiger partial charge in [0.05, 0.1) is 12.8 Å². The highest BCUT2D eigenvalue weighted by atomic mass is 16.5. The molecule has 28 heavy (non-hydrogen) atoms. The van der Waals surface area contributed by atoms with Crippen molar-refractivity contribution in [3.63, 3.8) is 0 Å². The average Bonchev–Trinajstić information content (AvgIpc) is 3.07. The lowest BCUT2D eigenvalue weighted by Crippen LogP contribution is -2.17. The van der Waals surface area contributed by atoms with Crippen LogP contribution >= 0.6 is 0 Å². The number of aryl methyl sites for hydroxylation is 1. The van der Waals surface area contributed by atoms with Crippen LogP contribution in [0.4, 0.5) is 0 Å². The Hall–Kier alpha value is -3.41. The third kappa shape index (κ3) is 3.53. The van der Waals surface area contributed by atoms with Gasteiger partial charge in [-0.2, -0.15) is 9.78 Å². The van der Waals surface area contributed by atoms with E-state index in [-0.39, 0.29) is 5.56 Å². The molecular formula is C22H22N4O2. The van der Waals surface area contributed by atoms with Gasteiger partial charge in [0.2, 0.25) is 0 Å². The third-order valence-electron chi connectivity index (χ3n) is 4.62. The normalized spacial score (nSPS) is 11.6. The van der Waals surface area contributed by atoms with Gasteiger partial charge in [-0.15, -0.1) is 0 Å². The van der Waals surface area contributed by atoms with Gasteiger partial charge in [-0.25, -0.2) is 4.98 Å². The number of hydrogen-bond donors (Lipinski definition) is 1. The van der Waals surface area contributed by atoms with Crippen LogP contribution in [0.1, 0.15) is 30.9 Å². The molecule has 2 heterocycles. The molecule has 0 amide bonds. The minimum Gasteiger partial charge on any atom is -0.494 e. The average molecular weight is 374 g/mol. The van der Waals surface area contributed by atoms with Gasteiger partial charge < -0.3 is 9.72 Å². The zero-order chi connectivity index (χ0) is 19.5. The van der Waals surface area contributed by atoms with Crippen LogP contribution in [0.5, 0.6) is 5.75 Å². The highest BCUT2D eigenvalue weighted by Crippen LogP contribution is 2.22. The summed E-state index contributed by atoms with van der Waals surface area (Å²) in [5.41, 5.74) is 3.80. The fourth-order valence-corrected chi connectivity index (χ4v) is 3.06. The van der Waals surface area contributed by atoms with Gasteiger partial charge in [0, 0.05) is 10.9 Å². The van der Waals surface area contributed by atoms with Crippen LogP contribution < -0.4 is 10.3 Å². The molecule has 0 unspecified atom stereocenters. The highest BCUT2D eigenvalue weighted by Gasteiger charge is 2.10. The molecular weight excluding hydrogens is 352 g/mol. The number of ether oxygens (including phenoxy) is 1. The molecule has 0 radical (unpaired) electrons. The first-order valence-electron chi connectivity index (χ1n) is 9.42. The molecule has 0 aliphatic rings. The Balaban J connectivity index is 1.60. The summed E-state index contributed by atoms with van der Waals surface area (Å²) in [5, 5.41) is 5.22. The first kappa shape index (κ1) is 18.0. The highest BCUT2D eigenvalue weighted by molar-refractivity contribution is 6.04. The van der Waals surface area contributed by atoms with Crippen LogP contribution in [0.25, 0.3) is 21.9 Å². The zero-order valence-electron chi connectivity index (χ0n) is 16.0. The molecule has 0 saturated heterocycles. The quantitative estimate of drug-likeness (QED) is 0.405. The van der Waals surface area contributed by atoms with Gasteiger partial charge in [0.25, 0.3) is 5.56 Å². The predicted molar refractivity (Wildman–Crippen MR) is 112 cm³/mol. The van der Waals surface area contributed by atoms with Crippen molar-refractivity contribution in [1.29, 1.82) is 0 Å². The molecule has 6 nitrogen and oxygen atoms in total. The maximum absolute atomic E-state index is 12.8. The van der Waals surface area contributed by atoms with Crippen molar-refractivity contribution in [3.8, 4) is 5.75 Å². The maximum atomic E-state index is 12.8. The van der Waals surface area contributed by atoms with Crippen LogP contribution in [-0.2, 0) is 0 Å². The molecule has 0 saturated carbocycles. The molecule has 0 aliphatic carbocycles. The Morgan fingerprint density at radius 2 is 2.04 bits per heavy atom. The number of rotatable bonds is 6. The molecule has 142 valence electrons. The summed E-state index contributed by atoms with van der Waals surface area (Å²) in [4.78, 5) is 20.4. The minimum atomic E-state index is -0.227. The van der Waals surface area contributed by atoms with Crippen molar-refractivity contribution in [2.45, 2.75) is 26.7 Å². The molecule has 4 rings (SSSR count). The summed E-state index contributed by atoms with van der Waals surface area (Å²) in [6.07, 6.45) is 5.24. The second-order valence-corrected chi connectivity index (χ2v) is 6.81. The van der Waals surface area contributed by atoms with E-state index in [1.165, 1.54) is 11.0 Å². The summed E-state index contributed by atoms with van der Waals surface area (Å²) in [6.45, 7) is 4.87. The van der Waals surface area contributed by atoms with E-state index >= 15 is 0 Å². The van der Waals surface area contributed by atoms with Crippen molar-refractivity contribution in [3.05, 3.63) is 70.3 Å². The van der Waals surface area contributed by atoms with Gasteiger partial charge in [0.1, 0.15) is 23.1 Å². The lowest BCUT2D eigenvalue weighted by Gasteiger charge is -2.04. The number of hydrogen-bond acceptors (Lipinski definition) is 4. The van der Waals surface area contributed by atoms with Crippen molar-refractivity contribution >= 4 is 28.2 Å². The number of aromatic nitrogens is 3. The second kappa shape index (κ2) is 7.68. The van der Waals surface area contributed by atoms with Crippen LogP contribution in [0.3, 0.4) is 0 Å². The number of unbranched alkanes of at least 4 members (excludes halogenated alkanes) is 1. The Kier molecular flexibility index (Phi) is 4.93. The number of nitrogens with zero attached hydrogens (tertiary/aromatic N) is 3. The fourth-order valence-electron chi connectivity index (χ4n) is 3.06. The number of H-pyrrole nitrogens is 1. The summed E-state index contributed by atoms with van der Waals surface area (Å²) in [6, 6.07) is 13.6. The number of nitrogens with one attached hydrogen (secondary N) is 1. The fraction of sp³-hybridized carbons (Fsp3) is 0.227. The topological polar surface area (TPSA) is 72.3 Å². The van der Waals surface area contributed by atoms with Crippen LogP contribution in [0.15, 0.2) is 58.7 Å². The first-order valence-corrected chi connectivity index (χ1v) is 9.42. The zero-order valence-corrected chi connectivity index (χ0v) is 16.0. The smallest absolute Gasteiger partial charge is 0.298 e. The predicted octanol–water partition coefficient (Wildman–Crippen LogP) is 4.25. The summed E-state index contributed by atoms with van der Waals surface area (Å²) >= 11 is 0. The largest absolute Gasteiger partial charge is 0.494 e. The second-order valence-electron chi connectivity index (χ2n) is 6.81. The number of aromatic amines is 1. The van der Waals surface area contributed by atoms with E-state index in [1.54, 1.807) is 6.21 Å².